The van der Waals surface area contributed by atoms with Crippen molar-refractivity contribution < 1.29 is 0 Å². The molecule has 5 aromatic carbocycles. The maximum absolute atomic E-state index is 2.53. The number of fused-ring (bicyclic) bond motifs is 6. The minimum absolute atomic E-state index is 0.0529. The van der Waals surface area contributed by atoms with Crippen LogP contribution in [0.4, 0.5) is 0 Å². The molecule has 9 rings (SSSR count). The fourth-order valence-corrected chi connectivity index (χ4v) is 12.1. The molecule has 0 nitrogen and oxygen atoms in total. The second-order valence-corrected chi connectivity index (χ2v) is 17.3. The Morgan fingerprint density at radius 3 is 1.07 bits per heavy atom. The van der Waals surface area contributed by atoms with Gasteiger partial charge in [0.15, 0.2) is 0 Å². The van der Waals surface area contributed by atoms with Crippen molar-refractivity contribution in [2.75, 3.05) is 0 Å². The Labute approximate surface area is 262 Å². The molecule has 0 N–H and O–H groups in total. The average molecular weight is 613 g/mol. The topological polar surface area (TPSA) is 0 Å². The zero-order valence-corrected chi connectivity index (χ0v) is 27.1. The highest BCUT2D eigenvalue weighted by molar-refractivity contribution is 8.32. The minimum Gasteiger partial charge on any atom is -0.0809 e. The number of rotatable bonds is 0. The Bertz CT molecular complexity index is 2140. The van der Waals surface area contributed by atoms with E-state index in [-0.39, 0.29) is 10.8 Å². The lowest BCUT2D eigenvalue weighted by Crippen LogP contribution is -2.20. The third-order valence-electron chi connectivity index (χ3n) is 9.45. The van der Waals surface area contributed by atoms with Crippen LogP contribution >= 0.6 is 47.0 Å². The van der Waals surface area contributed by atoms with Crippen LogP contribution in [0.1, 0.15) is 49.9 Å². The van der Waals surface area contributed by atoms with Crippen LogP contribution in [0.3, 0.4) is 0 Å². The van der Waals surface area contributed by atoms with Crippen LogP contribution in [-0.2, 0) is 10.8 Å². The predicted molar refractivity (Wildman–Crippen MR) is 181 cm³/mol. The SMILES string of the molecule is CC1(C)c2cc(=C3Sc4ccccc4S3)ccc2=c2cc3c(cc21)=c1ccc(=C2Sc4ccccc4S2)cc1C3(C)C. The quantitative estimate of drug-likeness (QED) is 0.171. The van der Waals surface area contributed by atoms with E-state index in [1.807, 2.05) is 47.0 Å². The van der Waals surface area contributed by atoms with Gasteiger partial charge >= 0.3 is 0 Å². The second kappa shape index (κ2) is 8.89. The lowest BCUT2D eigenvalue weighted by molar-refractivity contribution is 0.638. The Morgan fingerprint density at radius 2 is 0.714 bits per heavy atom. The van der Waals surface area contributed by atoms with E-state index >= 15 is 0 Å². The first kappa shape index (κ1) is 25.7. The Hall–Kier alpha value is -2.76. The predicted octanol–water partition coefficient (Wildman–Crippen LogP) is 9.47. The maximum Gasteiger partial charge on any atom is 0.0572 e. The molecule has 4 aliphatic rings. The van der Waals surface area contributed by atoms with Crippen molar-refractivity contribution in [1.29, 1.82) is 0 Å². The van der Waals surface area contributed by atoms with Crippen molar-refractivity contribution in [2.24, 2.45) is 0 Å². The summed E-state index contributed by atoms with van der Waals surface area (Å²) in [6.45, 7) is 9.65. The van der Waals surface area contributed by atoms with Crippen LogP contribution in [0.25, 0.3) is 8.47 Å². The standard InChI is InChI=1S/C38H28S4/c1-37(2)27-17-21(35-39-31-9-5-6-10-32(31)40-35)13-15-23(27)25-20-30-26(19-29(25)37)24-16-14-22(18-28(24)38(30,3)4)36-41-33-11-7-8-12-34(33)42-36/h5-20H,1-4H3. The van der Waals surface area contributed by atoms with Gasteiger partial charge in [-0.15, -0.1) is 0 Å². The van der Waals surface area contributed by atoms with E-state index in [4.69, 9.17) is 0 Å². The summed E-state index contributed by atoms with van der Waals surface area (Å²) in [6, 6.07) is 37.0. The molecule has 0 aromatic heterocycles. The van der Waals surface area contributed by atoms with Crippen molar-refractivity contribution >= 4 is 55.5 Å². The number of thioether (sulfide) groups is 4. The lowest BCUT2D eigenvalue weighted by Gasteiger charge is -2.25. The number of hydrogen-bond acceptors (Lipinski definition) is 4. The minimum atomic E-state index is -0.0529. The molecule has 2 aliphatic carbocycles. The summed E-state index contributed by atoms with van der Waals surface area (Å²) in [6.07, 6.45) is 0. The molecule has 42 heavy (non-hydrogen) atoms. The van der Waals surface area contributed by atoms with Crippen LogP contribution < -0.4 is 10.4 Å². The molecule has 0 radical (unpaired) electrons. The zero-order chi connectivity index (χ0) is 28.4. The Morgan fingerprint density at radius 1 is 0.381 bits per heavy atom. The van der Waals surface area contributed by atoms with Gasteiger partial charge in [-0.25, -0.2) is 0 Å². The van der Waals surface area contributed by atoms with Crippen molar-refractivity contribution in [3.8, 4) is 0 Å². The van der Waals surface area contributed by atoms with Crippen LogP contribution in [0.2, 0.25) is 0 Å². The van der Waals surface area contributed by atoms with Gasteiger partial charge in [0.1, 0.15) is 0 Å². The fraction of sp³-hybridized carbons (Fsp3) is 0.158. The van der Waals surface area contributed by atoms with E-state index in [9.17, 15) is 0 Å². The van der Waals surface area contributed by atoms with Crippen LogP contribution in [-0.4, -0.2) is 0 Å². The third-order valence-corrected chi connectivity index (χ3v) is 14.7. The van der Waals surface area contributed by atoms with Gasteiger partial charge in [-0.3, -0.25) is 0 Å². The van der Waals surface area contributed by atoms with Gasteiger partial charge in [-0.2, -0.15) is 0 Å². The van der Waals surface area contributed by atoms with E-state index in [1.165, 1.54) is 81.6 Å². The summed E-state index contributed by atoms with van der Waals surface area (Å²) in [5, 5.41) is 8.29. The lowest BCUT2D eigenvalue weighted by atomic mass is 9.78. The first-order valence-corrected chi connectivity index (χ1v) is 17.7. The monoisotopic (exact) mass is 612 g/mol. The Balaban J connectivity index is 1.23. The van der Waals surface area contributed by atoms with E-state index in [2.05, 4.69) is 125 Å². The van der Waals surface area contributed by atoms with E-state index in [0.717, 1.165) is 0 Å². The fourth-order valence-electron chi connectivity index (χ4n) is 7.13. The molecular formula is C38H28S4. The first-order chi connectivity index (χ1) is 20.3. The van der Waals surface area contributed by atoms with Crippen molar-refractivity contribution in [3.63, 3.8) is 0 Å². The summed E-state index contributed by atoms with van der Waals surface area (Å²) in [5.74, 6) is 0. The zero-order valence-electron chi connectivity index (χ0n) is 23.9. The molecule has 2 aliphatic heterocycles. The van der Waals surface area contributed by atoms with Crippen LogP contribution in [0, 0.1) is 20.9 Å². The van der Waals surface area contributed by atoms with Crippen molar-refractivity contribution in [1.82, 2.24) is 0 Å². The van der Waals surface area contributed by atoms with E-state index in [1.54, 1.807) is 0 Å². The highest BCUT2D eigenvalue weighted by atomic mass is 32.2. The van der Waals surface area contributed by atoms with Gasteiger partial charge in [0.2, 0.25) is 0 Å². The third kappa shape index (κ3) is 3.56. The van der Waals surface area contributed by atoms with Gasteiger partial charge in [0, 0.05) is 30.4 Å². The summed E-state index contributed by atoms with van der Waals surface area (Å²) >= 11 is 7.64. The molecule has 0 unspecified atom stereocenters. The average Bonchev–Trinajstić information content (AvgIpc) is 3.73. The summed E-state index contributed by atoms with van der Waals surface area (Å²) in [5.41, 5.74) is 5.69. The van der Waals surface area contributed by atoms with Crippen molar-refractivity contribution in [3.05, 3.63) is 151 Å². The van der Waals surface area contributed by atoms with Crippen LogP contribution in [0.15, 0.2) is 117 Å². The number of hydrogen-bond donors (Lipinski definition) is 0. The first-order valence-electron chi connectivity index (χ1n) is 14.4. The van der Waals surface area contributed by atoms with Gasteiger partial charge in [0.25, 0.3) is 0 Å². The Kier molecular flexibility index (Phi) is 5.44. The van der Waals surface area contributed by atoms with E-state index in [0.29, 0.717) is 0 Å². The van der Waals surface area contributed by atoms with Gasteiger partial charge < -0.3 is 0 Å². The molecule has 5 aromatic rings. The van der Waals surface area contributed by atoms with Gasteiger partial charge in [-0.05, 0) is 102 Å². The van der Waals surface area contributed by atoms with Crippen molar-refractivity contribution in [2.45, 2.75) is 58.1 Å². The molecule has 0 fully saturated rings. The molecule has 0 spiro atoms. The molecule has 204 valence electrons. The van der Waals surface area contributed by atoms with Crippen LogP contribution in [0.5, 0.6) is 0 Å². The molecule has 4 heteroatoms. The molecule has 2 heterocycles. The number of benzene rings is 5. The van der Waals surface area contributed by atoms with Gasteiger partial charge in [0.05, 0.1) is 8.47 Å². The summed E-state index contributed by atoms with van der Waals surface area (Å²) in [4.78, 5) is 5.48. The molecule has 0 bridgehead atoms. The van der Waals surface area contributed by atoms with Gasteiger partial charge in [-0.1, -0.05) is 123 Å². The highest BCUT2D eigenvalue weighted by Gasteiger charge is 2.36. The van der Waals surface area contributed by atoms with E-state index < -0.39 is 0 Å². The highest BCUT2D eigenvalue weighted by Crippen LogP contribution is 2.52. The largest absolute Gasteiger partial charge is 0.0809 e. The molecule has 0 atom stereocenters. The molecule has 0 amide bonds. The maximum atomic E-state index is 2.53. The summed E-state index contributed by atoms with van der Waals surface area (Å²) in [7, 11) is 0. The summed E-state index contributed by atoms with van der Waals surface area (Å²) < 4.78 is 2.78. The smallest absolute Gasteiger partial charge is 0.0572 e. The molecule has 0 saturated heterocycles. The molecule has 0 saturated carbocycles. The molecular weight excluding hydrogens is 585 g/mol. The second-order valence-electron chi connectivity index (χ2n) is 12.6. The normalized spacial score (nSPS) is 17.9.